The number of nitrogens with zero attached hydrogens (tertiary/aromatic N) is 2. The Kier molecular flexibility index (Phi) is 7.18. The second-order valence-electron chi connectivity index (χ2n) is 7.64. The van der Waals surface area contributed by atoms with E-state index in [1.807, 2.05) is 72.9 Å². The largest absolute Gasteiger partial charge is 0.489 e. The molecule has 5 aromatic rings. The molecule has 1 N–H and O–H groups in total. The van der Waals surface area contributed by atoms with Crippen molar-refractivity contribution in [2.75, 3.05) is 5.32 Å². The van der Waals surface area contributed by atoms with Crippen LogP contribution in [0.25, 0.3) is 10.9 Å². The third kappa shape index (κ3) is 5.88. The summed E-state index contributed by atoms with van der Waals surface area (Å²) in [6.07, 6.45) is 2.60. The zero-order chi connectivity index (χ0) is 21.6. The van der Waals surface area contributed by atoms with E-state index < -0.39 is 0 Å². The van der Waals surface area contributed by atoms with Crippen molar-refractivity contribution < 1.29 is 4.74 Å². The molecule has 0 saturated heterocycles. The Bertz CT molecular complexity index is 1310. The van der Waals surface area contributed by atoms with Crippen molar-refractivity contribution in [3.63, 3.8) is 0 Å². The predicted octanol–water partition coefficient (Wildman–Crippen LogP) is 6.97. The van der Waals surface area contributed by atoms with Crippen molar-refractivity contribution >= 4 is 34.7 Å². The molecule has 0 bridgehead atoms. The fraction of sp³-hybridized carbons (Fsp3) is 0.0714. The monoisotopic (exact) mass is 453 g/mol. The normalized spacial score (nSPS) is 10.4. The number of fused-ring (bicyclic) bond motifs is 1. The van der Waals surface area contributed by atoms with Gasteiger partial charge in [-0.15, -0.1) is 12.4 Å². The molecule has 5 rings (SSSR count). The zero-order valence-electron chi connectivity index (χ0n) is 18.0. The predicted molar refractivity (Wildman–Crippen MR) is 137 cm³/mol. The van der Waals surface area contributed by atoms with Gasteiger partial charge in [0.25, 0.3) is 0 Å². The number of hydrogen-bond acceptors (Lipinski definition) is 4. The van der Waals surface area contributed by atoms with Gasteiger partial charge in [-0.05, 0) is 53.6 Å². The quantitative estimate of drug-likeness (QED) is 0.289. The van der Waals surface area contributed by atoms with Crippen LogP contribution in [0.4, 0.5) is 11.4 Å². The molecule has 33 heavy (non-hydrogen) atoms. The maximum Gasteiger partial charge on any atom is 0.133 e. The third-order valence-electron chi connectivity index (χ3n) is 5.25. The van der Waals surface area contributed by atoms with E-state index in [1.165, 1.54) is 5.56 Å². The minimum Gasteiger partial charge on any atom is -0.489 e. The molecule has 0 unspecified atom stereocenters. The van der Waals surface area contributed by atoms with E-state index >= 15 is 0 Å². The van der Waals surface area contributed by atoms with E-state index in [0.29, 0.717) is 13.0 Å². The molecule has 0 saturated carbocycles. The van der Waals surface area contributed by atoms with E-state index in [-0.39, 0.29) is 12.4 Å². The summed E-state index contributed by atoms with van der Waals surface area (Å²) in [5.41, 5.74) is 5.36. The highest BCUT2D eigenvalue weighted by Crippen LogP contribution is 2.22. The molecule has 0 atom stereocenters. The number of para-hydroxylation sites is 1. The van der Waals surface area contributed by atoms with Gasteiger partial charge < -0.3 is 10.1 Å². The van der Waals surface area contributed by atoms with Crippen molar-refractivity contribution in [3.8, 4) is 5.75 Å². The Morgan fingerprint density at radius 1 is 0.667 bits per heavy atom. The van der Waals surface area contributed by atoms with Gasteiger partial charge in [-0.1, -0.05) is 60.7 Å². The highest BCUT2D eigenvalue weighted by atomic mass is 35.5. The summed E-state index contributed by atoms with van der Waals surface area (Å²) in [6.45, 7) is 0.565. The summed E-state index contributed by atoms with van der Waals surface area (Å²) in [6, 6.07) is 34.6. The summed E-state index contributed by atoms with van der Waals surface area (Å²) in [5.74, 6) is 1.68. The second-order valence-corrected chi connectivity index (χ2v) is 7.64. The minimum atomic E-state index is 0. The van der Waals surface area contributed by atoms with E-state index in [0.717, 1.165) is 39.4 Å². The molecule has 4 aromatic carbocycles. The number of benzene rings is 4. The lowest BCUT2D eigenvalue weighted by Gasteiger charge is -2.10. The van der Waals surface area contributed by atoms with Gasteiger partial charge in [-0.3, -0.25) is 0 Å². The maximum absolute atomic E-state index is 5.86. The molecule has 0 amide bonds. The number of rotatable bonds is 7. The molecular weight excluding hydrogens is 430 g/mol. The van der Waals surface area contributed by atoms with Crippen LogP contribution in [0.1, 0.15) is 17.0 Å². The molecule has 0 aliphatic rings. The molecule has 164 valence electrons. The Labute approximate surface area is 199 Å². The number of hydrogen-bond donors (Lipinski definition) is 1. The van der Waals surface area contributed by atoms with Crippen LogP contribution in [0, 0.1) is 0 Å². The van der Waals surface area contributed by atoms with Gasteiger partial charge in [0.15, 0.2) is 0 Å². The fourth-order valence-corrected chi connectivity index (χ4v) is 3.53. The molecule has 0 fully saturated rings. The van der Waals surface area contributed by atoms with Crippen molar-refractivity contribution in [3.05, 3.63) is 126 Å². The van der Waals surface area contributed by atoms with Gasteiger partial charge in [-0.25, -0.2) is 9.97 Å². The number of nitrogens with one attached hydrogen (secondary N) is 1. The molecular formula is C28H24ClN3O. The molecule has 4 nitrogen and oxygen atoms in total. The molecule has 1 aromatic heterocycles. The molecule has 5 heteroatoms. The first-order valence-corrected chi connectivity index (χ1v) is 10.7. The lowest BCUT2D eigenvalue weighted by atomic mass is 10.1. The topological polar surface area (TPSA) is 47.0 Å². The highest BCUT2D eigenvalue weighted by Gasteiger charge is 2.03. The summed E-state index contributed by atoms with van der Waals surface area (Å²) < 4.78 is 5.86. The smallest absolute Gasteiger partial charge is 0.133 e. The molecule has 1 heterocycles. The minimum absolute atomic E-state index is 0. The summed E-state index contributed by atoms with van der Waals surface area (Å²) in [4.78, 5) is 9.16. The third-order valence-corrected chi connectivity index (χ3v) is 5.25. The first-order valence-electron chi connectivity index (χ1n) is 10.7. The number of aromatic nitrogens is 2. The first-order chi connectivity index (χ1) is 15.8. The molecule has 0 aliphatic heterocycles. The Hall–Kier alpha value is -3.89. The lowest BCUT2D eigenvalue weighted by Crippen LogP contribution is -1.97. The number of halogens is 1. The van der Waals surface area contributed by atoms with Gasteiger partial charge in [0, 0.05) is 29.4 Å². The van der Waals surface area contributed by atoms with E-state index in [9.17, 15) is 0 Å². The highest BCUT2D eigenvalue weighted by molar-refractivity contribution is 5.85. The van der Waals surface area contributed by atoms with Crippen molar-refractivity contribution in [2.45, 2.75) is 13.0 Å². The van der Waals surface area contributed by atoms with Crippen molar-refractivity contribution in [1.29, 1.82) is 0 Å². The van der Waals surface area contributed by atoms with Gasteiger partial charge >= 0.3 is 0 Å². The summed E-state index contributed by atoms with van der Waals surface area (Å²) >= 11 is 0. The van der Waals surface area contributed by atoms with E-state index in [2.05, 4.69) is 51.7 Å². The average Bonchev–Trinajstić information content (AvgIpc) is 2.85. The van der Waals surface area contributed by atoms with Gasteiger partial charge in [0.2, 0.25) is 0 Å². The van der Waals surface area contributed by atoms with Gasteiger partial charge in [0.1, 0.15) is 18.2 Å². The van der Waals surface area contributed by atoms with Crippen LogP contribution in [-0.4, -0.2) is 9.97 Å². The van der Waals surface area contributed by atoms with Crippen LogP contribution in [0.3, 0.4) is 0 Å². The van der Waals surface area contributed by atoms with Crippen LogP contribution in [-0.2, 0) is 13.0 Å². The van der Waals surface area contributed by atoms with E-state index in [1.54, 1.807) is 0 Å². The van der Waals surface area contributed by atoms with Gasteiger partial charge in [-0.2, -0.15) is 0 Å². The van der Waals surface area contributed by atoms with E-state index in [4.69, 9.17) is 4.74 Å². The summed E-state index contributed by atoms with van der Waals surface area (Å²) in [7, 11) is 0. The summed E-state index contributed by atoms with van der Waals surface area (Å²) in [5, 5.41) is 4.50. The Morgan fingerprint density at radius 3 is 2.09 bits per heavy atom. The maximum atomic E-state index is 5.86. The van der Waals surface area contributed by atoms with Crippen LogP contribution in [0.5, 0.6) is 5.75 Å². The number of anilines is 2. The molecule has 0 radical (unpaired) electrons. The average molecular weight is 454 g/mol. The zero-order valence-corrected chi connectivity index (χ0v) is 18.8. The lowest BCUT2D eigenvalue weighted by molar-refractivity contribution is 0.306. The van der Waals surface area contributed by atoms with Crippen LogP contribution < -0.4 is 10.1 Å². The van der Waals surface area contributed by atoms with Gasteiger partial charge in [0.05, 0.1) is 5.52 Å². The second kappa shape index (κ2) is 10.6. The first kappa shape index (κ1) is 22.3. The molecule has 0 spiro atoms. The van der Waals surface area contributed by atoms with Crippen LogP contribution >= 0.6 is 12.4 Å². The standard InChI is InChI=1S/C28H23N3O.ClH/c1-2-6-22(7-3-1)20-32-26-16-14-25(15-17-26)30-24-12-10-21(11-13-24)18-28-29-19-23-8-4-5-9-27(23)31-28;/h1-17,19,30H,18,20H2;1H. The fourth-order valence-electron chi connectivity index (χ4n) is 3.53. The van der Waals surface area contributed by atoms with Crippen molar-refractivity contribution in [2.24, 2.45) is 0 Å². The SMILES string of the molecule is Cl.c1ccc(COc2ccc(Nc3ccc(Cc4ncc5ccccc5n4)cc3)cc2)cc1. The van der Waals surface area contributed by atoms with Crippen molar-refractivity contribution in [1.82, 2.24) is 9.97 Å². The Morgan fingerprint density at radius 2 is 1.33 bits per heavy atom. The number of ether oxygens (including phenoxy) is 1. The Balaban J connectivity index is 0.00000259. The van der Waals surface area contributed by atoms with Crippen LogP contribution in [0.15, 0.2) is 109 Å². The van der Waals surface area contributed by atoms with Crippen LogP contribution in [0.2, 0.25) is 0 Å². The molecule has 0 aliphatic carbocycles.